The molecular weight excluding hydrogens is 315 g/mol. The average molecular weight is 338 g/mol. The van der Waals surface area contributed by atoms with Gasteiger partial charge >= 0.3 is 0 Å². The van der Waals surface area contributed by atoms with Crippen LogP contribution in [0.4, 0.5) is 4.39 Å². The minimum absolute atomic E-state index is 0.0716. The van der Waals surface area contributed by atoms with E-state index >= 15 is 0 Å². The van der Waals surface area contributed by atoms with Crippen molar-refractivity contribution in [3.05, 3.63) is 71.0 Å². The van der Waals surface area contributed by atoms with Crippen LogP contribution in [0.15, 0.2) is 48.5 Å². The molecule has 25 heavy (non-hydrogen) atoms. The largest absolute Gasteiger partial charge is 0.349 e. The normalized spacial score (nSPS) is 21.6. The molecule has 0 bridgehead atoms. The van der Waals surface area contributed by atoms with Crippen molar-refractivity contribution >= 4 is 5.91 Å². The first kappa shape index (κ1) is 16.3. The van der Waals surface area contributed by atoms with Gasteiger partial charge in [-0.15, -0.1) is 0 Å². The van der Waals surface area contributed by atoms with E-state index in [2.05, 4.69) is 10.6 Å². The van der Waals surface area contributed by atoms with Crippen molar-refractivity contribution in [2.45, 2.75) is 37.1 Å². The molecule has 4 heteroatoms. The number of carbonyl (C=O) groups is 1. The fourth-order valence-electron chi connectivity index (χ4n) is 4.31. The molecule has 2 aliphatic rings. The fraction of sp³-hybridized carbons (Fsp3) is 0.381. The lowest BCUT2D eigenvalue weighted by molar-refractivity contribution is -0.128. The molecule has 0 saturated carbocycles. The number of halogens is 1. The Kier molecular flexibility index (Phi) is 4.30. The molecular formula is C21H23FN2O. The third kappa shape index (κ3) is 2.85. The van der Waals surface area contributed by atoms with E-state index in [1.54, 1.807) is 6.07 Å². The summed E-state index contributed by atoms with van der Waals surface area (Å²) in [5.41, 5.74) is 2.27. The second-order valence-electron chi connectivity index (χ2n) is 7.07. The van der Waals surface area contributed by atoms with Crippen LogP contribution in [0.1, 0.15) is 42.0 Å². The number of hydrogen-bond donors (Lipinski definition) is 2. The summed E-state index contributed by atoms with van der Waals surface area (Å²) in [6, 6.07) is 15.1. The van der Waals surface area contributed by atoms with Gasteiger partial charge in [-0.25, -0.2) is 4.39 Å². The summed E-state index contributed by atoms with van der Waals surface area (Å²) in [5.74, 6) is -0.0869. The van der Waals surface area contributed by atoms with Crippen LogP contribution in [0, 0.1) is 5.82 Å². The molecule has 1 heterocycles. The Morgan fingerprint density at radius 2 is 1.84 bits per heavy atom. The van der Waals surface area contributed by atoms with E-state index in [0.29, 0.717) is 6.42 Å². The highest BCUT2D eigenvalue weighted by atomic mass is 19.1. The second-order valence-corrected chi connectivity index (χ2v) is 7.07. The molecule has 1 amide bonds. The predicted molar refractivity (Wildman–Crippen MR) is 95.8 cm³/mol. The summed E-state index contributed by atoms with van der Waals surface area (Å²) in [6.07, 6.45) is 3.02. The smallest absolute Gasteiger partial charge is 0.231 e. The molecule has 0 unspecified atom stereocenters. The molecule has 1 aliphatic heterocycles. The van der Waals surface area contributed by atoms with Gasteiger partial charge < -0.3 is 10.6 Å². The summed E-state index contributed by atoms with van der Waals surface area (Å²) in [4.78, 5) is 13.3. The Morgan fingerprint density at radius 3 is 2.60 bits per heavy atom. The highest BCUT2D eigenvalue weighted by Crippen LogP contribution is 2.37. The Labute approximate surface area is 147 Å². The van der Waals surface area contributed by atoms with Crippen LogP contribution in [-0.4, -0.2) is 19.0 Å². The fourth-order valence-corrected chi connectivity index (χ4v) is 4.31. The molecule has 0 aromatic heterocycles. The van der Waals surface area contributed by atoms with Gasteiger partial charge in [0.05, 0.1) is 11.5 Å². The van der Waals surface area contributed by atoms with Crippen LogP contribution in [-0.2, 0) is 16.6 Å². The Balaban J connectivity index is 1.62. The highest BCUT2D eigenvalue weighted by Gasteiger charge is 2.42. The second kappa shape index (κ2) is 6.60. The van der Waals surface area contributed by atoms with E-state index in [1.807, 2.05) is 36.4 Å². The molecule has 1 fully saturated rings. The molecule has 4 rings (SSSR count). The molecule has 0 radical (unpaired) electrons. The summed E-state index contributed by atoms with van der Waals surface area (Å²) < 4.78 is 14.0. The number of nitrogens with one attached hydrogen (secondary N) is 2. The average Bonchev–Trinajstić information content (AvgIpc) is 3.07. The number of fused-ring (bicyclic) bond motifs is 1. The van der Waals surface area contributed by atoms with Gasteiger partial charge in [-0.3, -0.25) is 4.79 Å². The van der Waals surface area contributed by atoms with E-state index in [9.17, 15) is 9.18 Å². The van der Waals surface area contributed by atoms with Crippen LogP contribution in [0.2, 0.25) is 0 Å². The Bertz CT molecular complexity index is 769. The molecule has 2 N–H and O–H groups in total. The predicted octanol–water partition coefficient (Wildman–Crippen LogP) is 3.25. The lowest BCUT2D eigenvalue weighted by Gasteiger charge is -2.37. The maximum atomic E-state index is 14.0. The first-order valence-corrected chi connectivity index (χ1v) is 9.05. The van der Waals surface area contributed by atoms with Gasteiger partial charge in [0.2, 0.25) is 5.91 Å². The molecule has 1 aliphatic carbocycles. The molecule has 0 spiro atoms. The van der Waals surface area contributed by atoms with Crippen LogP contribution in [0.25, 0.3) is 0 Å². The first-order valence-electron chi connectivity index (χ1n) is 9.05. The lowest BCUT2D eigenvalue weighted by Crippen LogP contribution is -2.51. The molecule has 130 valence electrons. The monoisotopic (exact) mass is 338 g/mol. The standard InChI is InChI=1S/C21H23FN2O/c22-18-8-4-7-17-16(18)9-10-19(17)24-20(25)21(11-13-23-14-12-21)15-5-2-1-3-6-15/h1-8,19,23H,9-14H2,(H,24,25)/t19-/m1/s1. The third-order valence-electron chi connectivity index (χ3n) is 5.74. The van der Waals surface area contributed by atoms with Gasteiger partial charge in [-0.05, 0) is 61.5 Å². The van der Waals surface area contributed by atoms with E-state index < -0.39 is 5.41 Å². The van der Waals surface area contributed by atoms with Gasteiger partial charge in [0.15, 0.2) is 0 Å². The number of carbonyl (C=O) groups excluding carboxylic acids is 1. The van der Waals surface area contributed by atoms with Crippen molar-refractivity contribution in [2.75, 3.05) is 13.1 Å². The van der Waals surface area contributed by atoms with Crippen LogP contribution >= 0.6 is 0 Å². The maximum Gasteiger partial charge on any atom is 0.231 e. The summed E-state index contributed by atoms with van der Waals surface area (Å²) in [6.45, 7) is 1.66. The lowest BCUT2D eigenvalue weighted by atomic mass is 9.72. The molecule has 1 saturated heterocycles. The van der Waals surface area contributed by atoms with Crippen molar-refractivity contribution in [3.8, 4) is 0 Å². The summed E-state index contributed by atoms with van der Waals surface area (Å²) in [5, 5.41) is 6.59. The van der Waals surface area contributed by atoms with E-state index in [4.69, 9.17) is 0 Å². The molecule has 3 nitrogen and oxygen atoms in total. The molecule has 1 atom stereocenters. The third-order valence-corrected chi connectivity index (χ3v) is 5.74. The number of piperidine rings is 1. The van der Waals surface area contributed by atoms with Crippen molar-refractivity contribution in [1.82, 2.24) is 10.6 Å². The minimum Gasteiger partial charge on any atom is -0.349 e. The molecule has 2 aromatic rings. The van der Waals surface area contributed by atoms with Crippen molar-refractivity contribution in [1.29, 1.82) is 0 Å². The van der Waals surface area contributed by atoms with Gasteiger partial charge in [0, 0.05) is 0 Å². The molecule has 2 aromatic carbocycles. The Morgan fingerprint density at radius 1 is 1.08 bits per heavy atom. The number of rotatable bonds is 3. The van der Waals surface area contributed by atoms with E-state index in [1.165, 1.54) is 6.07 Å². The summed E-state index contributed by atoms with van der Waals surface area (Å²) >= 11 is 0. The van der Waals surface area contributed by atoms with Gasteiger partial charge in [0.1, 0.15) is 5.82 Å². The van der Waals surface area contributed by atoms with Crippen LogP contribution in [0.5, 0.6) is 0 Å². The quantitative estimate of drug-likeness (QED) is 0.902. The number of benzene rings is 2. The SMILES string of the molecule is O=C(N[C@@H]1CCc2c(F)cccc21)C1(c2ccccc2)CCNCC1. The van der Waals surface area contributed by atoms with Gasteiger partial charge in [-0.1, -0.05) is 42.5 Å². The van der Waals surface area contributed by atoms with Gasteiger partial charge in [-0.2, -0.15) is 0 Å². The maximum absolute atomic E-state index is 14.0. The van der Waals surface area contributed by atoms with Gasteiger partial charge in [0.25, 0.3) is 0 Å². The Hall–Kier alpha value is -2.20. The van der Waals surface area contributed by atoms with Crippen LogP contribution in [0.3, 0.4) is 0 Å². The number of hydrogen-bond acceptors (Lipinski definition) is 2. The zero-order valence-electron chi connectivity index (χ0n) is 14.2. The topological polar surface area (TPSA) is 41.1 Å². The van der Waals surface area contributed by atoms with Crippen molar-refractivity contribution < 1.29 is 9.18 Å². The number of amides is 1. The van der Waals surface area contributed by atoms with Crippen LogP contribution < -0.4 is 10.6 Å². The summed E-state index contributed by atoms with van der Waals surface area (Å²) in [7, 11) is 0. The highest BCUT2D eigenvalue weighted by molar-refractivity contribution is 5.89. The zero-order valence-corrected chi connectivity index (χ0v) is 14.2. The minimum atomic E-state index is -0.497. The van der Waals surface area contributed by atoms with E-state index in [0.717, 1.165) is 49.0 Å². The van der Waals surface area contributed by atoms with Crippen molar-refractivity contribution in [2.24, 2.45) is 0 Å². The van der Waals surface area contributed by atoms with E-state index in [-0.39, 0.29) is 17.8 Å². The first-order chi connectivity index (χ1) is 12.2. The zero-order chi connectivity index (χ0) is 17.3. The van der Waals surface area contributed by atoms with Crippen molar-refractivity contribution in [3.63, 3.8) is 0 Å².